The molecule has 0 saturated carbocycles. The first kappa shape index (κ1) is 19.8. The predicted molar refractivity (Wildman–Crippen MR) is 106 cm³/mol. The summed E-state index contributed by atoms with van der Waals surface area (Å²) in [7, 11) is 1.54. The summed E-state index contributed by atoms with van der Waals surface area (Å²) in [5, 5.41) is 13.7. The van der Waals surface area contributed by atoms with Crippen LogP contribution < -0.4 is 14.8 Å². The number of methoxy groups -OCH3 is 1. The van der Waals surface area contributed by atoms with Crippen molar-refractivity contribution in [2.24, 2.45) is 0 Å². The molecule has 0 radical (unpaired) electrons. The third-order valence-corrected chi connectivity index (χ3v) is 4.04. The molecule has 0 aliphatic heterocycles. The van der Waals surface area contributed by atoms with Crippen LogP contribution in [0.3, 0.4) is 0 Å². The molecule has 0 aromatic heterocycles. The van der Waals surface area contributed by atoms with Gasteiger partial charge in [-0.3, -0.25) is 14.9 Å². The van der Waals surface area contributed by atoms with Crippen molar-refractivity contribution in [1.29, 1.82) is 0 Å². The van der Waals surface area contributed by atoms with Crippen molar-refractivity contribution >= 4 is 17.3 Å². The van der Waals surface area contributed by atoms with Crippen molar-refractivity contribution < 1.29 is 23.6 Å². The second-order valence-corrected chi connectivity index (χ2v) is 6.01. The van der Waals surface area contributed by atoms with Gasteiger partial charge in [0, 0.05) is 23.4 Å². The first-order valence-electron chi connectivity index (χ1n) is 8.57. The van der Waals surface area contributed by atoms with Crippen molar-refractivity contribution in [3.8, 4) is 22.6 Å². The lowest BCUT2D eigenvalue weighted by atomic mass is 10.0. The lowest BCUT2D eigenvalue weighted by molar-refractivity contribution is -0.384. The van der Waals surface area contributed by atoms with E-state index in [0.29, 0.717) is 28.3 Å². The molecule has 0 fully saturated rings. The number of rotatable bonds is 7. The number of nitro benzene ring substituents is 1. The van der Waals surface area contributed by atoms with E-state index in [1.54, 1.807) is 30.3 Å². The van der Waals surface area contributed by atoms with Gasteiger partial charge in [0.1, 0.15) is 17.3 Å². The fraction of sp³-hybridized carbons (Fsp3) is 0.0952. The molecule has 0 atom stereocenters. The second kappa shape index (κ2) is 8.83. The number of carbonyl (C=O) groups excluding carboxylic acids is 1. The zero-order valence-corrected chi connectivity index (χ0v) is 15.4. The minimum Gasteiger partial charge on any atom is -0.497 e. The highest BCUT2D eigenvalue weighted by Gasteiger charge is 2.15. The van der Waals surface area contributed by atoms with Crippen LogP contribution in [0.1, 0.15) is 0 Å². The molecule has 8 heteroatoms. The molecule has 7 nitrogen and oxygen atoms in total. The van der Waals surface area contributed by atoms with E-state index in [2.05, 4.69) is 5.32 Å². The Labute approximate surface area is 165 Å². The van der Waals surface area contributed by atoms with Gasteiger partial charge >= 0.3 is 0 Å². The Morgan fingerprint density at radius 1 is 1.10 bits per heavy atom. The third kappa shape index (κ3) is 5.07. The number of hydrogen-bond donors (Lipinski definition) is 1. The average Bonchev–Trinajstić information content (AvgIpc) is 2.72. The maximum Gasteiger partial charge on any atom is 0.270 e. The minimum atomic E-state index is -0.506. The number of nitrogens with one attached hydrogen (secondary N) is 1. The lowest BCUT2D eigenvalue weighted by Crippen LogP contribution is -2.20. The molecule has 0 spiro atoms. The number of non-ortho nitro benzene ring substituents is 1. The van der Waals surface area contributed by atoms with E-state index in [4.69, 9.17) is 9.47 Å². The number of hydrogen-bond acceptors (Lipinski definition) is 5. The molecule has 0 aliphatic rings. The molecule has 3 rings (SSSR count). The van der Waals surface area contributed by atoms with E-state index in [-0.39, 0.29) is 12.3 Å². The topological polar surface area (TPSA) is 90.7 Å². The van der Waals surface area contributed by atoms with Gasteiger partial charge in [0.2, 0.25) is 0 Å². The Bertz CT molecular complexity index is 1040. The fourth-order valence-electron chi connectivity index (χ4n) is 2.66. The van der Waals surface area contributed by atoms with Crippen LogP contribution in [0.2, 0.25) is 0 Å². The van der Waals surface area contributed by atoms with Crippen LogP contribution in [0.25, 0.3) is 11.1 Å². The van der Waals surface area contributed by atoms with Gasteiger partial charge in [0.05, 0.1) is 12.0 Å². The maximum atomic E-state index is 13.2. The van der Waals surface area contributed by atoms with E-state index in [0.717, 1.165) is 0 Å². The lowest BCUT2D eigenvalue weighted by Gasteiger charge is -2.12. The molecule has 3 aromatic carbocycles. The van der Waals surface area contributed by atoms with Gasteiger partial charge in [-0.25, -0.2) is 4.39 Å². The molecule has 0 bridgehead atoms. The molecule has 0 saturated heterocycles. The zero-order valence-electron chi connectivity index (χ0n) is 15.4. The van der Waals surface area contributed by atoms with E-state index in [1.165, 1.54) is 43.5 Å². The third-order valence-electron chi connectivity index (χ3n) is 4.04. The second-order valence-electron chi connectivity index (χ2n) is 6.01. The molecule has 148 valence electrons. The Morgan fingerprint density at radius 2 is 1.86 bits per heavy atom. The Hall–Kier alpha value is -3.94. The van der Waals surface area contributed by atoms with Crippen LogP contribution in [0, 0.1) is 15.9 Å². The fourth-order valence-corrected chi connectivity index (χ4v) is 2.66. The molecule has 1 N–H and O–H groups in total. The molecular formula is C21H17FN2O5. The summed E-state index contributed by atoms with van der Waals surface area (Å²) >= 11 is 0. The number of ether oxygens (including phenoxy) is 2. The largest absolute Gasteiger partial charge is 0.497 e. The number of anilines is 1. The smallest absolute Gasteiger partial charge is 0.270 e. The Morgan fingerprint density at radius 3 is 2.52 bits per heavy atom. The molecule has 3 aromatic rings. The highest BCUT2D eigenvalue weighted by atomic mass is 19.1. The highest BCUT2D eigenvalue weighted by molar-refractivity contribution is 5.92. The van der Waals surface area contributed by atoms with Gasteiger partial charge in [-0.2, -0.15) is 0 Å². The first-order chi connectivity index (χ1) is 14.0. The SMILES string of the molecule is COc1ccc(-c2cc([N+](=O)[O-])ccc2OCC(=O)Nc2cccc(F)c2)cc1. The van der Waals surface area contributed by atoms with E-state index < -0.39 is 16.6 Å². The minimum absolute atomic E-state index is 0.104. The van der Waals surface area contributed by atoms with Crippen LogP contribution in [0.15, 0.2) is 66.7 Å². The number of carbonyl (C=O) groups is 1. The molecule has 0 heterocycles. The molecule has 0 aliphatic carbocycles. The molecule has 1 amide bonds. The highest BCUT2D eigenvalue weighted by Crippen LogP contribution is 2.34. The van der Waals surface area contributed by atoms with Crippen molar-refractivity contribution in [1.82, 2.24) is 0 Å². The summed E-state index contributed by atoms with van der Waals surface area (Å²) in [5.74, 6) is -0.0261. The summed E-state index contributed by atoms with van der Waals surface area (Å²) < 4.78 is 23.9. The van der Waals surface area contributed by atoms with E-state index in [1.807, 2.05) is 0 Å². The summed E-state index contributed by atoms with van der Waals surface area (Å²) in [4.78, 5) is 22.8. The van der Waals surface area contributed by atoms with Crippen molar-refractivity contribution in [3.05, 3.63) is 82.7 Å². The van der Waals surface area contributed by atoms with Gasteiger partial charge in [0.15, 0.2) is 6.61 Å². The van der Waals surface area contributed by atoms with Gasteiger partial charge < -0.3 is 14.8 Å². The summed E-state index contributed by atoms with van der Waals surface area (Å²) in [6.45, 7) is -0.350. The normalized spacial score (nSPS) is 10.3. The summed E-state index contributed by atoms with van der Waals surface area (Å²) in [6.07, 6.45) is 0. The molecule has 29 heavy (non-hydrogen) atoms. The molecular weight excluding hydrogens is 379 g/mol. The van der Waals surface area contributed by atoms with Crippen LogP contribution in [-0.4, -0.2) is 24.5 Å². The number of amides is 1. The van der Waals surface area contributed by atoms with Crippen LogP contribution >= 0.6 is 0 Å². The standard InChI is InChI=1S/C21H17FN2O5/c1-28-18-8-5-14(6-9-18)19-12-17(24(26)27)7-10-20(19)29-13-21(25)23-16-4-2-3-15(22)11-16/h2-12H,13H2,1H3,(H,23,25). The summed E-state index contributed by atoms with van der Waals surface area (Å²) in [6, 6.07) is 16.5. The van der Waals surface area contributed by atoms with Crippen molar-refractivity contribution in [2.45, 2.75) is 0 Å². The first-order valence-corrected chi connectivity index (χ1v) is 8.57. The summed E-state index contributed by atoms with van der Waals surface area (Å²) in [5.41, 5.74) is 1.32. The van der Waals surface area contributed by atoms with Gasteiger partial charge in [-0.05, 0) is 42.0 Å². The van der Waals surface area contributed by atoms with Gasteiger partial charge in [0.25, 0.3) is 11.6 Å². The Kier molecular flexibility index (Phi) is 6.03. The monoisotopic (exact) mass is 396 g/mol. The van der Waals surface area contributed by atoms with Crippen LogP contribution in [0.4, 0.5) is 15.8 Å². The van der Waals surface area contributed by atoms with Crippen LogP contribution in [0.5, 0.6) is 11.5 Å². The van der Waals surface area contributed by atoms with E-state index in [9.17, 15) is 19.3 Å². The number of halogens is 1. The number of benzene rings is 3. The average molecular weight is 396 g/mol. The number of nitro groups is 1. The zero-order chi connectivity index (χ0) is 20.8. The quantitative estimate of drug-likeness (QED) is 0.471. The van der Waals surface area contributed by atoms with Crippen LogP contribution in [-0.2, 0) is 4.79 Å². The number of nitrogens with zero attached hydrogens (tertiary/aromatic N) is 1. The molecule has 0 unspecified atom stereocenters. The van der Waals surface area contributed by atoms with Gasteiger partial charge in [-0.15, -0.1) is 0 Å². The maximum absolute atomic E-state index is 13.2. The predicted octanol–water partition coefficient (Wildman–Crippen LogP) is 4.43. The van der Waals surface area contributed by atoms with Crippen molar-refractivity contribution in [2.75, 3.05) is 19.0 Å². The Balaban J connectivity index is 1.80. The van der Waals surface area contributed by atoms with Crippen molar-refractivity contribution in [3.63, 3.8) is 0 Å². The van der Waals surface area contributed by atoms with E-state index >= 15 is 0 Å². The van der Waals surface area contributed by atoms with Gasteiger partial charge in [-0.1, -0.05) is 18.2 Å².